The van der Waals surface area contributed by atoms with Gasteiger partial charge in [0.25, 0.3) is 5.91 Å². The molecule has 0 N–H and O–H groups in total. The molecule has 6 rings (SSSR count). The lowest BCUT2D eigenvalue weighted by Gasteiger charge is -2.29. The zero-order valence-electron chi connectivity index (χ0n) is 19.9. The second kappa shape index (κ2) is 9.20. The Labute approximate surface area is 210 Å². The molecular weight excluding hydrogens is 442 g/mol. The highest BCUT2D eigenvalue weighted by Crippen LogP contribution is 2.27. The van der Waals surface area contributed by atoms with Crippen LogP contribution in [0, 0.1) is 11.3 Å². The molecule has 2 heterocycles. The lowest BCUT2D eigenvalue weighted by molar-refractivity contribution is 0.0724. The third-order valence-electron chi connectivity index (χ3n) is 7.07. The molecule has 5 aromatic rings. The lowest BCUT2D eigenvalue weighted by Crippen LogP contribution is -2.37. The van der Waals surface area contributed by atoms with Crippen molar-refractivity contribution in [1.29, 1.82) is 5.26 Å². The molecule has 1 aliphatic rings. The van der Waals surface area contributed by atoms with Gasteiger partial charge in [-0.05, 0) is 52.4 Å². The molecule has 0 bridgehead atoms. The molecule has 1 aliphatic heterocycles. The van der Waals surface area contributed by atoms with Crippen LogP contribution in [-0.2, 0) is 19.5 Å². The summed E-state index contributed by atoms with van der Waals surface area (Å²) in [5.41, 5.74) is 8.12. The van der Waals surface area contributed by atoms with E-state index in [1.54, 1.807) is 0 Å². The van der Waals surface area contributed by atoms with Gasteiger partial charge in [-0.15, -0.1) is 0 Å². The van der Waals surface area contributed by atoms with E-state index in [1.807, 2.05) is 53.4 Å². The number of benzene rings is 4. The summed E-state index contributed by atoms with van der Waals surface area (Å²) in [6.07, 6.45) is 0.863. The molecule has 0 unspecified atom stereocenters. The third kappa shape index (κ3) is 4.06. The molecule has 0 saturated carbocycles. The second-order valence-corrected chi connectivity index (χ2v) is 9.31. The van der Waals surface area contributed by atoms with Gasteiger partial charge in [0.2, 0.25) is 0 Å². The summed E-state index contributed by atoms with van der Waals surface area (Å²) in [6.45, 7) is 1.87. The average molecular weight is 468 g/mol. The number of nitriles is 1. The minimum atomic E-state index is 0.0279. The fourth-order valence-corrected chi connectivity index (χ4v) is 5.12. The minimum absolute atomic E-state index is 0.0279. The highest BCUT2D eigenvalue weighted by atomic mass is 16.2. The maximum Gasteiger partial charge on any atom is 0.270 e. The van der Waals surface area contributed by atoms with Crippen LogP contribution < -0.4 is 0 Å². The van der Waals surface area contributed by atoms with Gasteiger partial charge >= 0.3 is 0 Å². The number of carbonyl (C=O) groups is 1. The minimum Gasteiger partial charge on any atom is -0.333 e. The molecule has 0 fully saturated rings. The number of hydrogen-bond donors (Lipinski definition) is 0. The first-order valence-corrected chi connectivity index (χ1v) is 12.2. The van der Waals surface area contributed by atoms with Gasteiger partial charge < -0.3 is 9.47 Å². The van der Waals surface area contributed by atoms with Crippen LogP contribution in [0.15, 0.2) is 103 Å². The van der Waals surface area contributed by atoms with E-state index in [4.69, 9.17) is 0 Å². The molecule has 4 aromatic carbocycles. The van der Waals surface area contributed by atoms with Crippen LogP contribution in [-0.4, -0.2) is 21.9 Å². The van der Waals surface area contributed by atoms with Crippen molar-refractivity contribution in [2.75, 3.05) is 6.54 Å². The highest BCUT2D eigenvalue weighted by molar-refractivity contribution is 5.99. The fourth-order valence-electron chi connectivity index (χ4n) is 5.12. The number of fused-ring (bicyclic) bond motifs is 2. The Morgan fingerprint density at radius 2 is 1.53 bits per heavy atom. The van der Waals surface area contributed by atoms with Crippen molar-refractivity contribution in [2.24, 2.45) is 0 Å². The summed E-state index contributed by atoms with van der Waals surface area (Å²) in [6, 6.07) is 37.0. The van der Waals surface area contributed by atoms with E-state index >= 15 is 0 Å². The van der Waals surface area contributed by atoms with Gasteiger partial charge in [-0.2, -0.15) is 5.26 Å². The van der Waals surface area contributed by atoms with Gasteiger partial charge in [-0.1, -0.05) is 84.9 Å². The summed E-state index contributed by atoms with van der Waals surface area (Å²) < 4.78 is 2.07. The Hall–Kier alpha value is -4.62. The molecule has 1 aromatic heterocycles. The van der Waals surface area contributed by atoms with E-state index in [0.717, 1.165) is 28.5 Å². The SMILES string of the molecule is N#Cc1ccc2cc(C(=O)N3CCc4ccccc4C3)n(Cc3ccc(-c4ccccc4)cc3)c2c1. The first kappa shape index (κ1) is 21.9. The Kier molecular flexibility index (Phi) is 5.59. The lowest BCUT2D eigenvalue weighted by atomic mass is 10.00. The quantitative estimate of drug-likeness (QED) is 0.306. The predicted octanol–water partition coefficient (Wildman–Crippen LogP) is 6.43. The smallest absolute Gasteiger partial charge is 0.270 e. The van der Waals surface area contributed by atoms with Gasteiger partial charge in [0, 0.05) is 25.0 Å². The Balaban J connectivity index is 1.36. The van der Waals surface area contributed by atoms with Gasteiger partial charge in [0.05, 0.1) is 17.1 Å². The predicted molar refractivity (Wildman–Crippen MR) is 143 cm³/mol. The molecule has 0 atom stereocenters. The fraction of sp³-hybridized carbons (Fsp3) is 0.125. The maximum absolute atomic E-state index is 13.8. The number of amides is 1. The summed E-state index contributed by atoms with van der Waals surface area (Å²) in [5, 5.41) is 10.5. The summed E-state index contributed by atoms with van der Waals surface area (Å²) in [4.78, 5) is 15.8. The molecule has 4 nitrogen and oxygen atoms in total. The molecular formula is C32H25N3O. The number of rotatable bonds is 4. The van der Waals surface area contributed by atoms with Crippen molar-refractivity contribution in [2.45, 2.75) is 19.5 Å². The van der Waals surface area contributed by atoms with Gasteiger partial charge in [0.15, 0.2) is 0 Å². The van der Waals surface area contributed by atoms with Crippen LogP contribution >= 0.6 is 0 Å². The average Bonchev–Trinajstić information content (AvgIpc) is 3.30. The summed E-state index contributed by atoms with van der Waals surface area (Å²) in [7, 11) is 0. The van der Waals surface area contributed by atoms with Crippen molar-refractivity contribution < 1.29 is 4.79 Å². The van der Waals surface area contributed by atoms with E-state index in [1.165, 1.54) is 16.7 Å². The Morgan fingerprint density at radius 3 is 2.31 bits per heavy atom. The van der Waals surface area contributed by atoms with Gasteiger partial charge in [-0.3, -0.25) is 4.79 Å². The number of nitrogens with zero attached hydrogens (tertiary/aromatic N) is 3. The highest BCUT2D eigenvalue weighted by Gasteiger charge is 2.25. The van der Waals surface area contributed by atoms with Crippen LogP contribution in [0.3, 0.4) is 0 Å². The van der Waals surface area contributed by atoms with Crippen molar-refractivity contribution >= 4 is 16.8 Å². The molecule has 0 saturated heterocycles. The van der Waals surface area contributed by atoms with Crippen LogP contribution in [0.1, 0.15) is 32.7 Å². The maximum atomic E-state index is 13.8. The van der Waals surface area contributed by atoms with Crippen LogP contribution in [0.25, 0.3) is 22.0 Å². The molecule has 36 heavy (non-hydrogen) atoms. The number of hydrogen-bond acceptors (Lipinski definition) is 2. The van der Waals surface area contributed by atoms with Gasteiger partial charge in [0.1, 0.15) is 5.69 Å². The first-order chi connectivity index (χ1) is 17.7. The Bertz CT molecular complexity index is 1610. The third-order valence-corrected chi connectivity index (χ3v) is 7.07. The zero-order valence-corrected chi connectivity index (χ0v) is 19.9. The molecule has 4 heteroatoms. The van der Waals surface area contributed by atoms with E-state index in [9.17, 15) is 10.1 Å². The zero-order chi connectivity index (χ0) is 24.5. The van der Waals surface area contributed by atoms with E-state index in [-0.39, 0.29) is 5.91 Å². The van der Waals surface area contributed by atoms with Gasteiger partial charge in [-0.25, -0.2) is 0 Å². The number of carbonyl (C=O) groups excluding carboxylic acids is 1. The van der Waals surface area contributed by atoms with E-state index < -0.39 is 0 Å². The molecule has 1 amide bonds. The Morgan fingerprint density at radius 1 is 0.806 bits per heavy atom. The summed E-state index contributed by atoms with van der Waals surface area (Å²) in [5.74, 6) is 0.0279. The van der Waals surface area contributed by atoms with E-state index in [0.29, 0.717) is 30.9 Å². The second-order valence-electron chi connectivity index (χ2n) is 9.31. The van der Waals surface area contributed by atoms with Crippen LogP contribution in [0.2, 0.25) is 0 Å². The molecule has 0 radical (unpaired) electrons. The molecule has 174 valence electrons. The van der Waals surface area contributed by atoms with Crippen LogP contribution in [0.4, 0.5) is 0 Å². The normalized spacial score (nSPS) is 12.8. The summed E-state index contributed by atoms with van der Waals surface area (Å²) >= 11 is 0. The van der Waals surface area contributed by atoms with Crippen molar-refractivity contribution in [3.05, 3.63) is 131 Å². The topological polar surface area (TPSA) is 49.0 Å². The number of aromatic nitrogens is 1. The van der Waals surface area contributed by atoms with Crippen LogP contribution in [0.5, 0.6) is 0 Å². The molecule has 0 aliphatic carbocycles. The largest absolute Gasteiger partial charge is 0.333 e. The first-order valence-electron chi connectivity index (χ1n) is 12.2. The van der Waals surface area contributed by atoms with Crippen molar-refractivity contribution in [1.82, 2.24) is 9.47 Å². The van der Waals surface area contributed by atoms with Crippen molar-refractivity contribution in [3.8, 4) is 17.2 Å². The van der Waals surface area contributed by atoms with E-state index in [2.05, 4.69) is 65.2 Å². The van der Waals surface area contributed by atoms with Crippen molar-refractivity contribution in [3.63, 3.8) is 0 Å². The monoisotopic (exact) mass is 467 g/mol. The molecule has 0 spiro atoms. The standard InChI is InChI=1S/C32H25N3O/c33-20-24-12-15-28-19-31(32(36)34-17-16-26-8-4-5-9-29(26)22-34)35(30(28)18-24)21-23-10-13-27(14-11-23)25-6-2-1-3-7-25/h1-15,18-19H,16-17,21-22H2.